The molecule has 3 aromatic rings. The smallest absolute Gasteiger partial charge is 0.257 e. The predicted molar refractivity (Wildman–Crippen MR) is 122 cm³/mol. The zero-order chi connectivity index (χ0) is 22.7. The molecule has 0 amide bonds. The molecule has 0 aliphatic heterocycles. The van der Waals surface area contributed by atoms with Gasteiger partial charge in [0.1, 0.15) is 17.5 Å². The highest BCUT2D eigenvalue weighted by molar-refractivity contribution is 5.55. The van der Waals surface area contributed by atoms with Gasteiger partial charge in [0.05, 0.1) is 12.3 Å². The number of benzene rings is 1. The number of aromatic nitrogens is 4. The molecule has 0 spiro atoms. The van der Waals surface area contributed by atoms with Crippen LogP contribution in [0.25, 0.3) is 11.5 Å². The van der Waals surface area contributed by atoms with Crippen LogP contribution in [0.2, 0.25) is 0 Å². The molecule has 1 fully saturated rings. The summed E-state index contributed by atoms with van der Waals surface area (Å²) in [5.41, 5.74) is 2.16. The fourth-order valence-corrected chi connectivity index (χ4v) is 3.62. The van der Waals surface area contributed by atoms with Crippen LogP contribution in [0.15, 0.2) is 35.0 Å². The first kappa shape index (κ1) is 21.7. The van der Waals surface area contributed by atoms with E-state index in [-0.39, 0.29) is 19.0 Å². The average Bonchev–Trinajstić information content (AvgIpc) is 3.29. The molecule has 4 rings (SSSR count). The lowest BCUT2D eigenvalue weighted by atomic mass is 9.64. The number of aryl methyl sites for hydroxylation is 1. The van der Waals surface area contributed by atoms with Crippen LogP contribution in [-0.4, -0.2) is 43.9 Å². The maximum Gasteiger partial charge on any atom is 0.257 e. The van der Waals surface area contributed by atoms with Crippen LogP contribution in [0.4, 0.5) is 11.8 Å². The zero-order valence-electron chi connectivity index (χ0n) is 18.5. The van der Waals surface area contributed by atoms with Crippen molar-refractivity contribution in [2.45, 2.75) is 52.2 Å². The lowest BCUT2D eigenvalue weighted by Gasteiger charge is -2.49. The molecule has 0 unspecified atom stereocenters. The second kappa shape index (κ2) is 8.93. The van der Waals surface area contributed by atoms with Gasteiger partial charge in [-0.15, -0.1) is 0 Å². The molecular weight excluding hydrogens is 406 g/mol. The summed E-state index contributed by atoms with van der Waals surface area (Å²) in [7, 11) is 0. The highest BCUT2D eigenvalue weighted by Crippen LogP contribution is 2.42. The first-order valence-electron chi connectivity index (χ1n) is 10.8. The van der Waals surface area contributed by atoms with Gasteiger partial charge < -0.3 is 20.3 Å². The summed E-state index contributed by atoms with van der Waals surface area (Å²) in [5, 5.41) is 29.8. The van der Waals surface area contributed by atoms with Crippen molar-refractivity contribution >= 4 is 11.8 Å². The molecule has 3 N–H and O–H groups in total. The Morgan fingerprint density at radius 2 is 2.06 bits per heavy atom. The van der Waals surface area contributed by atoms with Gasteiger partial charge in [-0.2, -0.15) is 15.2 Å². The first-order valence-corrected chi connectivity index (χ1v) is 10.8. The molecule has 1 aliphatic carbocycles. The van der Waals surface area contributed by atoms with Crippen LogP contribution in [0.5, 0.6) is 0 Å². The van der Waals surface area contributed by atoms with Gasteiger partial charge in [0.25, 0.3) is 5.89 Å². The van der Waals surface area contributed by atoms with E-state index in [1.54, 1.807) is 0 Å². The van der Waals surface area contributed by atoms with Gasteiger partial charge in [-0.05, 0) is 30.5 Å². The SMILES string of the molecule is CCc1noc(-c2ccc(CCNc3ncc(C#N)c(N[C@@H]4C[C@H](O)C4(C)C)n3)cc2)n1.[HH]. The van der Waals surface area contributed by atoms with Crippen molar-refractivity contribution in [3.8, 4) is 17.5 Å². The van der Waals surface area contributed by atoms with Crippen molar-refractivity contribution in [2.24, 2.45) is 5.41 Å². The monoisotopic (exact) mass is 435 g/mol. The molecule has 2 aromatic heterocycles. The Morgan fingerprint density at radius 3 is 2.69 bits per heavy atom. The summed E-state index contributed by atoms with van der Waals surface area (Å²) in [6, 6.07) is 10.2. The first-order chi connectivity index (χ1) is 15.4. The van der Waals surface area contributed by atoms with E-state index in [9.17, 15) is 10.4 Å². The normalized spacial score (nSPS) is 19.1. The Balaban J connectivity index is 0.00000306. The number of rotatable bonds is 8. The van der Waals surface area contributed by atoms with Crippen molar-refractivity contribution in [1.82, 2.24) is 20.1 Å². The summed E-state index contributed by atoms with van der Waals surface area (Å²) in [4.78, 5) is 13.1. The number of aliphatic hydroxyl groups excluding tert-OH is 1. The third kappa shape index (κ3) is 4.41. The quantitative estimate of drug-likeness (QED) is 0.486. The number of nitrogens with one attached hydrogen (secondary N) is 2. The fraction of sp³-hybridized carbons (Fsp3) is 0.435. The highest BCUT2D eigenvalue weighted by atomic mass is 16.5. The van der Waals surface area contributed by atoms with Gasteiger partial charge in [0, 0.05) is 31.4 Å². The van der Waals surface area contributed by atoms with Crippen molar-refractivity contribution in [3.05, 3.63) is 47.4 Å². The van der Waals surface area contributed by atoms with Crippen LogP contribution in [-0.2, 0) is 12.8 Å². The van der Waals surface area contributed by atoms with Crippen LogP contribution in [0, 0.1) is 16.7 Å². The van der Waals surface area contributed by atoms with Crippen LogP contribution in [0.1, 0.15) is 45.6 Å². The predicted octanol–water partition coefficient (Wildman–Crippen LogP) is 3.43. The largest absolute Gasteiger partial charge is 0.392 e. The molecule has 0 radical (unpaired) electrons. The van der Waals surface area contributed by atoms with Crippen molar-refractivity contribution in [2.75, 3.05) is 17.2 Å². The zero-order valence-corrected chi connectivity index (χ0v) is 18.5. The summed E-state index contributed by atoms with van der Waals surface area (Å²) in [6.07, 6.45) is 3.30. The van der Waals surface area contributed by atoms with E-state index >= 15 is 0 Å². The van der Waals surface area contributed by atoms with E-state index in [2.05, 4.69) is 36.8 Å². The molecule has 1 aliphatic rings. The molecule has 9 nitrogen and oxygen atoms in total. The van der Waals surface area contributed by atoms with Gasteiger partial charge in [0.2, 0.25) is 5.95 Å². The molecule has 9 heteroatoms. The van der Waals surface area contributed by atoms with Crippen LogP contribution >= 0.6 is 0 Å². The number of hydrogen-bond donors (Lipinski definition) is 3. The standard InChI is InChI=1S/C23H27N7O2.H2/c1-4-19-28-21(32-30-19)15-7-5-14(6-8-15)9-10-25-22-26-13-16(12-24)20(29-22)27-17-11-18(31)23(17,2)3;/h5-8,13,17-18,31H,4,9-11H2,1-3H3,(H2,25,26,27,29);1H/t17-,18+;/m1./s1. The van der Waals surface area contributed by atoms with E-state index < -0.39 is 0 Å². The van der Waals surface area contributed by atoms with Crippen molar-refractivity contribution < 1.29 is 11.1 Å². The molecule has 168 valence electrons. The van der Waals surface area contributed by atoms with Crippen LogP contribution < -0.4 is 10.6 Å². The van der Waals surface area contributed by atoms with Crippen molar-refractivity contribution in [1.29, 1.82) is 5.26 Å². The molecule has 32 heavy (non-hydrogen) atoms. The number of hydrogen-bond acceptors (Lipinski definition) is 9. The topological polar surface area (TPSA) is 133 Å². The van der Waals surface area contributed by atoms with E-state index in [4.69, 9.17) is 4.52 Å². The van der Waals surface area contributed by atoms with Gasteiger partial charge in [-0.1, -0.05) is 38.1 Å². The van der Waals surface area contributed by atoms with Crippen LogP contribution in [0.3, 0.4) is 0 Å². The molecular formula is C23H29N7O2. The number of nitriles is 1. The van der Waals surface area contributed by atoms with Gasteiger partial charge in [0.15, 0.2) is 5.82 Å². The Hall–Kier alpha value is -3.51. The molecule has 2 heterocycles. The third-order valence-electron chi connectivity index (χ3n) is 6.12. The summed E-state index contributed by atoms with van der Waals surface area (Å²) in [6.45, 7) is 6.62. The number of aliphatic hydroxyl groups is 1. The minimum Gasteiger partial charge on any atom is -0.392 e. The van der Waals surface area contributed by atoms with Gasteiger partial charge >= 0.3 is 0 Å². The summed E-state index contributed by atoms with van der Waals surface area (Å²) < 4.78 is 5.28. The number of anilines is 2. The second-order valence-electron chi connectivity index (χ2n) is 8.58. The van der Waals surface area contributed by atoms with E-state index in [1.165, 1.54) is 6.20 Å². The average molecular weight is 436 g/mol. The van der Waals surface area contributed by atoms with E-state index in [0.29, 0.717) is 42.0 Å². The molecule has 0 saturated heterocycles. The lowest BCUT2D eigenvalue weighted by Crippen LogP contribution is -2.57. The minimum atomic E-state index is -0.357. The molecule has 1 aromatic carbocycles. The lowest BCUT2D eigenvalue weighted by molar-refractivity contribution is -0.0511. The Kier molecular flexibility index (Phi) is 6.06. The maximum atomic E-state index is 9.96. The second-order valence-corrected chi connectivity index (χ2v) is 8.58. The number of nitrogens with zero attached hydrogens (tertiary/aromatic N) is 5. The Labute approximate surface area is 188 Å². The van der Waals surface area contributed by atoms with E-state index in [1.807, 2.05) is 45.0 Å². The minimum absolute atomic E-state index is 0. The summed E-state index contributed by atoms with van der Waals surface area (Å²) >= 11 is 0. The Morgan fingerprint density at radius 1 is 1.28 bits per heavy atom. The van der Waals surface area contributed by atoms with Crippen molar-refractivity contribution in [3.63, 3.8) is 0 Å². The Bertz CT molecular complexity index is 1120. The molecule has 0 bridgehead atoms. The van der Waals surface area contributed by atoms with E-state index in [0.717, 1.165) is 24.0 Å². The van der Waals surface area contributed by atoms with Gasteiger partial charge in [-0.25, -0.2) is 4.98 Å². The van der Waals surface area contributed by atoms with Gasteiger partial charge in [-0.3, -0.25) is 0 Å². The maximum absolute atomic E-state index is 9.96. The molecule has 1 saturated carbocycles. The third-order valence-corrected chi connectivity index (χ3v) is 6.12. The fourth-order valence-electron chi connectivity index (χ4n) is 3.62. The summed E-state index contributed by atoms with van der Waals surface area (Å²) in [5.74, 6) is 2.17. The highest BCUT2D eigenvalue weighted by Gasteiger charge is 2.47. The molecule has 2 atom stereocenters.